The SMILES string of the molecule is CC(NC(=O)CN(C)CC1CCCC1O)c1ccccc1Cl. The molecular formula is C17H25ClN2O2. The molecule has 0 bridgehead atoms. The van der Waals surface area contributed by atoms with Crippen molar-refractivity contribution in [2.24, 2.45) is 5.92 Å². The number of nitrogens with one attached hydrogen (secondary N) is 1. The molecule has 1 aliphatic rings. The summed E-state index contributed by atoms with van der Waals surface area (Å²) in [5, 5.41) is 13.5. The summed E-state index contributed by atoms with van der Waals surface area (Å²) in [6.07, 6.45) is 2.79. The van der Waals surface area contributed by atoms with Gasteiger partial charge in [0.1, 0.15) is 0 Å². The van der Waals surface area contributed by atoms with Gasteiger partial charge in [-0.25, -0.2) is 0 Å². The summed E-state index contributed by atoms with van der Waals surface area (Å²) in [6, 6.07) is 7.42. The van der Waals surface area contributed by atoms with Crippen molar-refractivity contribution in [3.05, 3.63) is 34.9 Å². The molecule has 0 aromatic heterocycles. The van der Waals surface area contributed by atoms with E-state index in [-0.39, 0.29) is 18.1 Å². The molecule has 5 heteroatoms. The molecule has 22 heavy (non-hydrogen) atoms. The number of benzene rings is 1. The van der Waals surface area contributed by atoms with Gasteiger partial charge in [0.15, 0.2) is 0 Å². The number of hydrogen-bond acceptors (Lipinski definition) is 3. The number of aliphatic hydroxyl groups is 1. The van der Waals surface area contributed by atoms with Crippen molar-refractivity contribution in [1.82, 2.24) is 10.2 Å². The van der Waals surface area contributed by atoms with E-state index < -0.39 is 0 Å². The van der Waals surface area contributed by atoms with E-state index in [1.807, 2.05) is 43.1 Å². The Morgan fingerprint density at radius 2 is 2.18 bits per heavy atom. The molecule has 122 valence electrons. The molecule has 2 rings (SSSR count). The van der Waals surface area contributed by atoms with Gasteiger partial charge in [0, 0.05) is 11.6 Å². The van der Waals surface area contributed by atoms with Crippen LogP contribution in [0.4, 0.5) is 0 Å². The number of rotatable bonds is 6. The summed E-state index contributed by atoms with van der Waals surface area (Å²) in [6.45, 7) is 3.02. The van der Waals surface area contributed by atoms with Crippen molar-refractivity contribution >= 4 is 17.5 Å². The molecule has 1 amide bonds. The van der Waals surface area contributed by atoms with Gasteiger partial charge in [-0.1, -0.05) is 36.2 Å². The van der Waals surface area contributed by atoms with Crippen LogP contribution in [0.1, 0.15) is 37.8 Å². The second-order valence-corrected chi connectivity index (χ2v) is 6.67. The lowest BCUT2D eigenvalue weighted by Gasteiger charge is -2.23. The van der Waals surface area contributed by atoms with Crippen molar-refractivity contribution in [3.8, 4) is 0 Å². The van der Waals surface area contributed by atoms with Gasteiger partial charge in [0.05, 0.1) is 18.7 Å². The zero-order valence-electron chi connectivity index (χ0n) is 13.3. The highest BCUT2D eigenvalue weighted by molar-refractivity contribution is 6.31. The molecule has 4 nitrogen and oxygen atoms in total. The van der Waals surface area contributed by atoms with Crippen LogP contribution in [-0.4, -0.2) is 42.2 Å². The summed E-state index contributed by atoms with van der Waals surface area (Å²) in [5.41, 5.74) is 0.923. The molecule has 1 aliphatic carbocycles. The Bertz CT molecular complexity index is 509. The Labute approximate surface area is 137 Å². The molecule has 0 saturated heterocycles. The Balaban J connectivity index is 1.81. The summed E-state index contributed by atoms with van der Waals surface area (Å²) < 4.78 is 0. The van der Waals surface area contributed by atoms with Crippen LogP contribution < -0.4 is 5.32 Å². The number of halogens is 1. The number of nitrogens with zero attached hydrogens (tertiary/aromatic N) is 1. The Kier molecular flexibility index (Phi) is 6.24. The van der Waals surface area contributed by atoms with Crippen molar-refractivity contribution in [3.63, 3.8) is 0 Å². The predicted octanol–water partition coefficient (Wildman–Crippen LogP) is 2.61. The molecule has 0 radical (unpaired) electrons. The second-order valence-electron chi connectivity index (χ2n) is 6.27. The van der Waals surface area contributed by atoms with Gasteiger partial charge in [0.2, 0.25) is 5.91 Å². The van der Waals surface area contributed by atoms with E-state index in [2.05, 4.69) is 5.32 Å². The maximum absolute atomic E-state index is 12.1. The van der Waals surface area contributed by atoms with E-state index in [0.717, 1.165) is 31.4 Å². The van der Waals surface area contributed by atoms with Gasteiger partial charge in [-0.05, 0) is 44.4 Å². The molecule has 3 unspecified atom stereocenters. The summed E-state index contributed by atoms with van der Waals surface area (Å²) in [5.74, 6) is 0.265. The van der Waals surface area contributed by atoms with Crippen molar-refractivity contribution in [2.45, 2.75) is 38.3 Å². The van der Waals surface area contributed by atoms with Gasteiger partial charge in [-0.2, -0.15) is 0 Å². The van der Waals surface area contributed by atoms with Gasteiger partial charge >= 0.3 is 0 Å². The van der Waals surface area contributed by atoms with Crippen molar-refractivity contribution in [2.75, 3.05) is 20.1 Å². The fraction of sp³-hybridized carbons (Fsp3) is 0.588. The number of amides is 1. The average molecular weight is 325 g/mol. The lowest BCUT2D eigenvalue weighted by molar-refractivity contribution is -0.122. The fourth-order valence-corrected chi connectivity index (χ4v) is 3.43. The highest BCUT2D eigenvalue weighted by atomic mass is 35.5. The molecule has 1 fully saturated rings. The molecular weight excluding hydrogens is 300 g/mol. The van der Waals surface area contributed by atoms with Gasteiger partial charge in [-0.3, -0.25) is 9.69 Å². The molecule has 0 spiro atoms. The van der Waals surface area contributed by atoms with Crippen LogP contribution in [0.15, 0.2) is 24.3 Å². The zero-order valence-corrected chi connectivity index (χ0v) is 14.0. The number of hydrogen-bond donors (Lipinski definition) is 2. The lowest BCUT2D eigenvalue weighted by atomic mass is 10.1. The molecule has 0 heterocycles. The largest absolute Gasteiger partial charge is 0.393 e. The predicted molar refractivity (Wildman–Crippen MR) is 88.9 cm³/mol. The smallest absolute Gasteiger partial charge is 0.234 e. The maximum atomic E-state index is 12.1. The highest BCUT2D eigenvalue weighted by Crippen LogP contribution is 2.26. The third-order valence-electron chi connectivity index (χ3n) is 4.33. The highest BCUT2D eigenvalue weighted by Gasteiger charge is 2.26. The monoisotopic (exact) mass is 324 g/mol. The van der Waals surface area contributed by atoms with E-state index in [1.165, 1.54) is 0 Å². The minimum absolute atomic E-state index is 0.0255. The van der Waals surface area contributed by atoms with Crippen LogP contribution in [0.25, 0.3) is 0 Å². The standard InChI is InChI=1S/C17H25ClN2O2/c1-12(14-7-3-4-8-15(14)18)19-17(22)11-20(2)10-13-6-5-9-16(13)21/h3-4,7-8,12-13,16,21H,5-6,9-11H2,1-2H3,(H,19,22). The topological polar surface area (TPSA) is 52.6 Å². The third-order valence-corrected chi connectivity index (χ3v) is 4.67. The van der Waals surface area contributed by atoms with Gasteiger partial charge in [0.25, 0.3) is 0 Å². The fourth-order valence-electron chi connectivity index (χ4n) is 3.13. The molecule has 3 atom stereocenters. The first-order valence-electron chi connectivity index (χ1n) is 7.87. The van der Waals surface area contributed by atoms with Gasteiger partial charge in [-0.15, -0.1) is 0 Å². The van der Waals surface area contributed by atoms with Crippen molar-refractivity contribution in [1.29, 1.82) is 0 Å². The van der Waals surface area contributed by atoms with Crippen LogP contribution >= 0.6 is 11.6 Å². The van der Waals surface area contributed by atoms with Gasteiger partial charge < -0.3 is 10.4 Å². The summed E-state index contributed by atoms with van der Waals surface area (Å²) in [7, 11) is 1.92. The Hall–Kier alpha value is -1.10. The van der Waals surface area contributed by atoms with Crippen LogP contribution in [0.3, 0.4) is 0 Å². The van der Waals surface area contributed by atoms with Crippen molar-refractivity contribution < 1.29 is 9.90 Å². The first-order chi connectivity index (χ1) is 10.5. The minimum Gasteiger partial charge on any atom is -0.393 e. The number of carbonyl (C=O) groups excluding carboxylic acids is 1. The molecule has 2 N–H and O–H groups in total. The Morgan fingerprint density at radius 1 is 1.45 bits per heavy atom. The van der Waals surface area contributed by atoms with Crippen LogP contribution in [0.2, 0.25) is 5.02 Å². The van der Waals surface area contributed by atoms with E-state index in [0.29, 0.717) is 17.5 Å². The van der Waals surface area contributed by atoms with E-state index in [9.17, 15) is 9.90 Å². The van der Waals surface area contributed by atoms with Crippen LogP contribution in [-0.2, 0) is 4.79 Å². The minimum atomic E-state index is -0.215. The van der Waals surface area contributed by atoms with E-state index >= 15 is 0 Å². The number of carbonyl (C=O) groups is 1. The molecule has 1 saturated carbocycles. The van der Waals surface area contributed by atoms with E-state index in [4.69, 9.17) is 11.6 Å². The van der Waals surface area contributed by atoms with Crippen LogP contribution in [0.5, 0.6) is 0 Å². The summed E-state index contributed by atoms with van der Waals surface area (Å²) >= 11 is 6.15. The molecule has 0 aliphatic heterocycles. The number of likely N-dealkylation sites (N-methyl/N-ethyl adjacent to an activating group) is 1. The maximum Gasteiger partial charge on any atom is 0.234 e. The lowest BCUT2D eigenvalue weighted by Crippen LogP contribution is -2.39. The normalized spacial score (nSPS) is 22.8. The van der Waals surface area contributed by atoms with E-state index in [1.54, 1.807) is 0 Å². The number of aliphatic hydroxyl groups excluding tert-OH is 1. The van der Waals surface area contributed by atoms with Crippen LogP contribution in [0, 0.1) is 5.92 Å². The molecule has 1 aromatic rings. The Morgan fingerprint density at radius 3 is 2.82 bits per heavy atom. The third kappa shape index (κ3) is 4.70. The first kappa shape index (κ1) is 17.3. The zero-order chi connectivity index (χ0) is 16.1. The molecule has 1 aromatic carbocycles. The quantitative estimate of drug-likeness (QED) is 0.845. The summed E-state index contributed by atoms with van der Waals surface area (Å²) in [4.78, 5) is 14.1. The second kappa shape index (κ2) is 7.95. The first-order valence-corrected chi connectivity index (χ1v) is 8.25. The average Bonchev–Trinajstić information content (AvgIpc) is 2.84.